The molecule has 0 radical (unpaired) electrons. The van der Waals surface area contributed by atoms with E-state index in [-0.39, 0.29) is 23.6 Å². The van der Waals surface area contributed by atoms with Gasteiger partial charge in [-0.1, -0.05) is 11.6 Å². The summed E-state index contributed by atoms with van der Waals surface area (Å²) in [4.78, 5) is 15.1. The van der Waals surface area contributed by atoms with Crippen molar-refractivity contribution < 1.29 is 9.31 Å². The molecule has 0 bridgehead atoms. The number of benzene rings is 2. The van der Waals surface area contributed by atoms with Crippen LogP contribution in [-0.2, 0) is 12.8 Å². The monoisotopic (exact) mass is 319 g/mol. The fourth-order valence-corrected chi connectivity index (χ4v) is 2.88. The molecule has 0 aliphatic carbocycles. The second-order valence-corrected chi connectivity index (χ2v) is 5.50. The number of rotatable bonds is 3. The van der Waals surface area contributed by atoms with E-state index in [1.807, 2.05) is 0 Å². The van der Waals surface area contributed by atoms with Crippen molar-refractivity contribution in [2.75, 3.05) is 0 Å². The Bertz CT molecular complexity index is 800. The van der Waals surface area contributed by atoms with Crippen LogP contribution in [0.5, 0.6) is 0 Å². The minimum absolute atomic E-state index is 0.0120. The van der Waals surface area contributed by atoms with E-state index in [1.54, 1.807) is 18.2 Å². The molecular weight excluding hydrogens is 309 g/mol. The van der Waals surface area contributed by atoms with Crippen molar-refractivity contribution >= 4 is 28.8 Å². The first-order valence-electron chi connectivity index (χ1n) is 6.51. The van der Waals surface area contributed by atoms with Crippen LogP contribution in [0.1, 0.15) is 16.7 Å². The molecule has 0 fully saturated rings. The number of halogens is 2. The Hall–Kier alpha value is -2.47. The van der Waals surface area contributed by atoms with Gasteiger partial charge in [0.05, 0.1) is 16.2 Å². The van der Waals surface area contributed by atoms with E-state index >= 15 is 0 Å². The molecule has 0 aromatic heterocycles. The fourth-order valence-electron chi connectivity index (χ4n) is 2.63. The van der Waals surface area contributed by atoms with E-state index in [1.165, 1.54) is 12.1 Å². The maximum absolute atomic E-state index is 13.4. The number of aliphatic imine (C=N–C) groups is 1. The summed E-state index contributed by atoms with van der Waals surface area (Å²) in [6, 6.07) is 7.41. The van der Waals surface area contributed by atoms with Crippen molar-refractivity contribution in [3.8, 4) is 0 Å². The highest BCUT2D eigenvalue weighted by atomic mass is 35.5. The summed E-state index contributed by atoms with van der Waals surface area (Å²) in [7, 11) is 0. The molecule has 1 aliphatic rings. The molecule has 0 saturated carbocycles. The summed E-state index contributed by atoms with van der Waals surface area (Å²) in [5.41, 5.74) is 7.72. The van der Waals surface area contributed by atoms with Crippen molar-refractivity contribution in [2.45, 2.75) is 12.8 Å². The van der Waals surface area contributed by atoms with Crippen LogP contribution in [0.25, 0.3) is 0 Å². The number of amidine groups is 1. The van der Waals surface area contributed by atoms with Gasteiger partial charge in [-0.25, -0.2) is 9.38 Å². The predicted molar refractivity (Wildman–Crippen MR) is 82.3 cm³/mol. The Labute approximate surface area is 130 Å². The quantitative estimate of drug-likeness (QED) is 0.694. The van der Waals surface area contributed by atoms with Crippen LogP contribution in [0, 0.1) is 15.9 Å². The number of fused-ring (bicyclic) bond motifs is 1. The van der Waals surface area contributed by atoms with Crippen LogP contribution < -0.4 is 5.73 Å². The normalized spacial score (nSPS) is 12.9. The molecule has 1 aliphatic heterocycles. The van der Waals surface area contributed by atoms with Crippen LogP contribution in [0.2, 0.25) is 5.02 Å². The van der Waals surface area contributed by atoms with E-state index in [9.17, 15) is 14.5 Å². The second-order valence-electron chi connectivity index (χ2n) is 5.06. The second kappa shape index (κ2) is 5.38. The standard InChI is InChI=1S/C15H11ClFN3O2/c16-10-4-8(5-11(17)6-10)3-9-1-2-13-12(7-14(18)19-13)15(9)20(21)22/h1-2,4-6H,3,7H2,(H2,18,19). The smallest absolute Gasteiger partial charge is 0.278 e. The summed E-state index contributed by atoms with van der Waals surface area (Å²) in [5.74, 6) is -0.122. The fraction of sp³-hybridized carbons (Fsp3) is 0.133. The average Bonchev–Trinajstić information content (AvgIpc) is 2.76. The van der Waals surface area contributed by atoms with Gasteiger partial charge in [0.25, 0.3) is 5.69 Å². The molecule has 2 N–H and O–H groups in total. The number of nitrogens with two attached hydrogens (primary N) is 1. The van der Waals surface area contributed by atoms with E-state index in [4.69, 9.17) is 17.3 Å². The molecule has 2 aromatic carbocycles. The molecule has 0 amide bonds. The highest BCUT2D eigenvalue weighted by Gasteiger charge is 2.27. The lowest BCUT2D eigenvalue weighted by atomic mass is 9.98. The van der Waals surface area contributed by atoms with Gasteiger partial charge >= 0.3 is 0 Å². The highest BCUT2D eigenvalue weighted by Crippen LogP contribution is 2.37. The van der Waals surface area contributed by atoms with E-state index in [0.717, 1.165) is 0 Å². The van der Waals surface area contributed by atoms with Gasteiger partial charge < -0.3 is 5.73 Å². The summed E-state index contributed by atoms with van der Waals surface area (Å²) >= 11 is 5.82. The zero-order valence-electron chi connectivity index (χ0n) is 11.3. The third-order valence-corrected chi connectivity index (χ3v) is 3.68. The van der Waals surface area contributed by atoms with Gasteiger partial charge in [0.2, 0.25) is 0 Å². The van der Waals surface area contributed by atoms with Gasteiger partial charge in [-0.05, 0) is 35.9 Å². The van der Waals surface area contributed by atoms with Crippen molar-refractivity contribution in [2.24, 2.45) is 10.7 Å². The number of hydrogen-bond acceptors (Lipinski definition) is 4. The number of nitro groups is 1. The van der Waals surface area contributed by atoms with Crippen LogP contribution in [0.15, 0.2) is 35.3 Å². The van der Waals surface area contributed by atoms with Crippen LogP contribution >= 0.6 is 11.6 Å². The third-order valence-electron chi connectivity index (χ3n) is 3.46. The van der Waals surface area contributed by atoms with Gasteiger partial charge in [0.15, 0.2) is 0 Å². The van der Waals surface area contributed by atoms with Crippen molar-refractivity contribution in [3.63, 3.8) is 0 Å². The summed E-state index contributed by atoms with van der Waals surface area (Å²) < 4.78 is 13.4. The van der Waals surface area contributed by atoms with Gasteiger partial charge in [0, 0.05) is 23.4 Å². The molecule has 7 heteroatoms. The van der Waals surface area contributed by atoms with Gasteiger partial charge in [-0.2, -0.15) is 0 Å². The molecule has 0 unspecified atom stereocenters. The minimum atomic E-state index is -0.473. The van der Waals surface area contributed by atoms with E-state index in [2.05, 4.69) is 4.99 Å². The van der Waals surface area contributed by atoms with Gasteiger partial charge in [-0.3, -0.25) is 10.1 Å². The minimum Gasteiger partial charge on any atom is -0.387 e. The molecule has 5 nitrogen and oxygen atoms in total. The summed E-state index contributed by atoms with van der Waals surface area (Å²) in [6.07, 6.45) is 0.463. The number of nitro benzene ring substituents is 1. The van der Waals surface area contributed by atoms with E-state index in [0.29, 0.717) is 28.2 Å². The SMILES string of the molecule is NC1=Nc2ccc(Cc3cc(F)cc(Cl)c3)c([N+](=O)[O-])c2C1. The third kappa shape index (κ3) is 2.65. The topological polar surface area (TPSA) is 81.5 Å². The first kappa shape index (κ1) is 14.5. The largest absolute Gasteiger partial charge is 0.387 e. The Kier molecular flexibility index (Phi) is 3.54. The predicted octanol–water partition coefficient (Wildman–Crippen LogP) is 3.52. The lowest BCUT2D eigenvalue weighted by molar-refractivity contribution is -0.386. The zero-order valence-corrected chi connectivity index (χ0v) is 12.1. The molecule has 0 saturated heterocycles. The van der Waals surface area contributed by atoms with Crippen LogP contribution in [0.4, 0.5) is 15.8 Å². The Morgan fingerprint density at radius 2 is 2.14 bits per heavy atom. The lowest BCUT2D eigenvalue weighted by Gasteiger charge is -2.08. The maximum Gasteiger partial charge on any atom is 0.278 e. The number of nitrogens with zero attached hydrogens (tertiary/aromatic N) is 2. The van der Waals surface area contributed by atoms with Gasteiger partial charge in [0.1, 0.15) is 11.7 Å². The average molecular weight is 320 g/mol. The molecule has 112 valence electrons. The molecule has 0 atom stereocenters. The van der Waals surface area contributed by atoms with E-state index < -0.39 is 10.7 Å². The zero-order chi connectivity index (χ0) is 15.9. The lowest BCUT2D eigenvalue weighted by Crippen LogP contribution is -2.11. The molecule has 2 aromatic rings. The first-order valence-corrected chi connectivity index (χ1v) is 6.89. The van der Waals surface area contributed by atoms with Crippen molar-refractivity contribution in [1.82, 2.24) is 0 Å². The van der Waals surface area contributed by atoms with Crippen molar-refractivity contribution in [1.29, 1.82) is 0 Å². The molecule has 0 spiro atoms. The van der Waals surface area contributed by atoms with Crippen LogP contribution in [0.3, 0.4) is 0 Å². The molecular formula is C15H11ClFN3O2. The Morgan fingerprint density at radius 3 is 2.82 bits per heavy atom. The molecule has 3 rings (SSSR count). The van der Waals surface area contributed by atoms with Crippen molar-refractivity contribution in [3.05, 3.63) is 68.0 Å². The summed E-state index contributed by atoms with van der Waals surface area (Å²) in [6.45, 7) is 0. The molecule has 1 heterocycles. The first-order chi connectivity index (χ1) is 10.4. The highest BCUT2D eigenvalue weighted by molar-refractivity contribution is 6.30. The Balaban J connectivity index is 2.05. The Morgan fingerprint density at radius 1 is 1.36 bits per heavy atom. The maximum atomic E-state index is 13.4. The number of hydrogen-bond donors (Lipinski definition) is 1. The van der Waals surface area contributed by atoms with Crippen LogP contribution in [-0.4, -0.2) is 10.8 Å². The summed E-state index contributed by atoms with van der Waals surface area (Å²) in [5, 5.41) is 11.7. The molecule has 22 heavy (non-hydrogen) atoms. The van der Waals surface area contributed by atoms with Gasteiger partial charge in [-0.15, -0.1) is 0 Å².